The van der Waals surface area contributed by atoms with Gasteiger partial charge in [-0.25, -0.2) is 4.79 Å². The lowest BCUT2D eigenvalue weighted by molar-refractivity contribution is -0.142. The smallest absolute Gasteiger partial charge is 0.412 e. The van der Waals surface area contributed by atoms with E-state index in [0.717, 1.165) is 12.8 Å². The minimum atomic E-state index is -0.497. The number of nitrogens with one attached hydrogen (secondary N) is 1. The molecular formula is C16H22ClNO4. The molecule has 1 amide bonds. The van der Waals surface area contributed by atoms with E-state index < -0.39 is 11.7 Å². The summed E-state index contributed by atoms with van der Waals surface area (Å²) >= 11 is 5.77. The highest BCUT2D eigenvalue weighted by Gasteiger charge is 2.30. The lowest BCUT2D eigenvalue weighted by Gasteiger charge is -2.19. The molecule has 0 saturated heterocycles. The zero-order valence-electron chi connectivity index (χ0n) is 13.3. The van der Waals surface area contributed by atoms with Crippen LogP contribution in [0.25, 0.3) is 0 Å². The number of ether oxygens (including phenoxy) is 2. The zero-order chi connectivity index (χ0) is 16.8. The molecule has 1 aromatic rings. The Morgan fingerprint density at radius 3 is 2.32 bits per heavy atom. The minimum Gasteiger partial charge on any atom is -0.469 e. The van der Waals surface area contributed by atoms with Crippen molar-refractivity contribution in [3.8, 4) is 0 Å². The third kappa shape index (κ3) is 7.88. The van der Waals surface area contributed by atoms with E-state index in [2.05, 4.69) is 10.1 Å². The van der Waals surface area contributed by atoms with Crippen LogP contribution < -0.4 is 5.32 Å². The quantitative estimate of drug-likeness (QED) is 0.824. The summed E-state index contributed by atoms with van der Waals surface area (Å²) in [6, 6.07) is 6.90. The molecule has 0 aliphatic heterocycles. The highest BCUT2D eigenvalue weighted by Crippen LogP contribution is 2.29. The molecule has 0 radical (unpaired) electrons. The van der Waals surface area contributed by atoms with Crippen molar-refractivity contribution < 1.29 is 19.1 Å². The van der Waals surface area contributed by atoms with Gasteiger partial charge >= 0.3 is 12.1 Å². The normalized spacial score (nSPS) is 13.5. The van der Waals surface area contributed by atoms with Crippen molar-refractivity contribution in [2.45, 2.75) is 39.2 Å². The first-order valence-corrected chi connectivity index (χ1v) is 7.42. The summed E-state index contributed by atoms with van der Waals surface area (Å²) < 4.78 is 9.52. The third-order valence-corrected chi connectivity index (χ3v) is 2.82. The van der Waals surface area contributed by atoms with Crippen LogP contribution in [-0.2, 0) is 14.3 Å². The van der Waals surface area contributed by atoms with Crippen molar-refractivity contribution in [3.05, 3.63) is 29.3 Å². The van der Waals surface area contributed by atoms with E-state index in [1.165, 1.54) is 7.11 Å². The van der Waals surface area contributed by atoms with E-state index >= 15 is 0 Å². The van der Waals surface area contributed by atoms with Gasteiger partial charge in [0.2, 0.25) is 0 Å². The molecule has 0 atom stereocenters. The molecule has 1 fully saturated rings. The maximum atomic E-state index is 11.4. The van der Waals surface area contributed by atoms with Gasteiger partial charge in [0.15, 0.2) is 0 Å². The van der Waals surface area contributed by atoms with Crippen LogP contribution in [0.5, 0.6) is 0 Å². The molecule has 1 aliphatic carbocycles. The number of halogens is 1. The first kappa shape index (κ1) is 18.3. The molecule has 0 heterocycles. The second-order valence-electron chi connectivity index (χ2n) is 5.93. The summed E-state index contributed by atoms with van der Waals surface area (Å²) in [6.07, 6.45) is 1.59. The number of anilines is 1. The fraction of sp³-hybridized carbons (Fsp3) is 0.500. The topological polar surface area (TPSA) is 64.6 Å². The number of methoxy groups -OCH3 is 1. The molecule has 1 aromatic carbocycles. The van der Waals surface area contributed by atoms with Crippen LogP contribution in [0.4, 0.5) is 10.5 Å². The lowest BCUT2D eigenvalue weighted by Crippen LogP contribution is -2.27. The lowest BCUT2D eigenvalue weighted by atomic mass is 10.2. The molecule has 0 unspecified atom stereocenters. The van der Waals surface area contributed by atoms with Crippen molar-refractivity contribution in [1.29, 1.82) is 0 Å². The van der Waals surface area contributed by atoms with E-state index in [1.54, 1.807) is 24.3 Å². The van der Waals surface area contributed by atoms with Crippen LogP contribution in [0.15, 0.2) is 24.3 Å². The second-order valence-corrected chi connectivity index (χ2v) is 6.37. The largest absolute Gasteiger partial charge is 0.469 e. The van der Waals surface area contributed by atoms with Crippen LogP contribution in [0.3, 0.4) is 0 Å². The molecular weight excluding hydrogens is 306 g/mol. The number of hydrogen-bond donors (Lipinski definition) is 1. The Balaban J connectivity index is 0.000000287. The van der Waals surface area contributed by atoms with Crippen molar-refractivity contribution >= 4 is 29.4 Å². The van der Waals surface area contributed by atoms with Gasteiger partial charge in [0.1, 0.15) is 5.60 Å². The Morgan fingerprint density at radius 1 is 1.27 bits per heavy atom. The Kier molecular flexibility index (Phi) is 6.68. The van der Waals surface area contributed by atoms with Gasteiger partial charge in [-0.15, -0.1) is 0 Å². The summed E-state index contributed by atoms with van der Waals surface area (Å²) in [5, 5.41) is 3.17. The monoisotopic (exact) mass is 327 g/mol. The standard InChI is InChI=1S/C11H14ClNO2.C5H8O2/c1-11(2,3)15-10(14)13-9-6-4-5-8(12)7-9;1-7-5(6)4-2-3-4/h4-7H,1-3H3,(H,13,14);4H,2-3H2,1H3. The van der Waals surface area contributed by atoms with Gasteiger partial charge in [0.05, 0.1) is 13.0 Å². The number of carbonyl (C=O) groups excluding carboxylic acids is 2. The average molecular weight is 328 g/mol. The maximum Gasteiger partial charge on any atom is 0.412 e. The van der Waals surface area contributed by atoms with Gasteiger partial charge in [-0.2, -0.15) is 0 Å². The van der Waals surface area contributed by atoms with E-state index in [9.17, 15) is 9.59 Å². The fourth-order valence-corrected chi connectivity index (χ4v) is 1.66. The Labute approximate surface area is 135 Å². The molecule has 2 rings (SSSR count). The van der Waals surface area contributed by atoms with Crippen molar-refractivity contribution in [2.75, 3.05) is 12.4 Å². The summed E-state index contributed by atoms with van der Waals surface area (Å²) in [5.74, 6) is 0.213. The highest BCUT2D eigenvalue weighted by molar-refractivity contribution is 6.30. The first-order valence-electron chi connectivity index (χ1n) is 7.04. The molecule has 1 saturated carbocycles. The van der Waals surface area contributed by atoms with Crippen LogP contribution in [0.2, 0.25) is 5.02 Å². The summed E-state index contributed by atoms with van der Waals surface area (Å²) in [7, 11) is 1.43. The van der Waals surface area contributed by atoms with Gasteiger partial charge < -0.3 is 9.47 Å². The first-order chi connectivity index (χ1) is 10.2. The number of carbonyl (C=O) groups is 2. The van der Waals surface area contributed by atoms with Crippen LogP contribution >= 0.6 is 11.6 Å². The predicted octanol–water partition coefficient (Wildman–Crippen LogP) is 4.26. The second kappa shape index (κ2) is 8.03. The van der Waals surface area contributed by atoms with Gasteiger partial charge in [0, 0.05) is 10.7 Å². The van der Waals surface area contributed by atoms with E-state index in [-0.39, 0.29) is 11.9 Å². The molecule has 0 spiro atoms. The van der Waals surface area contributed by atoms with E-state index in [0.29, 0.717) is 10.7 Å². The Morgan fingerprint density at radius 2 is 1.91 bits per heavy atom. The minimum absolute atomic E-state index is 0.0417. The van der Waals surface area contributed by atoms with Crippen LogP contribution in [0, 0.1) is 5.92 Å². The Hall–Kier alpha value is -1.75. The van der Waals surface area contributed by atoms with Crippen LogP contribution in [0.1, 0.15) is 33.6 Å². The molecule has 1 N–H and O–H groups in total. The predicted molar refractivity (Wildman–Crippen MR) is 86.0 cm³/mol. The summed E-state index contributed by atoms with van der Waals surface area (Å²) in [5.41, 5.74) is 0.125. The number of hydrogen-bond acceptors (Lipinski definition) is 4. The maximum absolute atomic E-state index is 11.4. The number of benzene rings is 1. The number of rotatable bonds is 2. The Bertz CT molecular complexity index is 521. The SMILES string of the molecule is CC(C)(C)OC(=O)Nc1cccc(Cl)c1.COC(=O)C1CC1. The summed E-state index contributed by atoms with van der Waals surface area (Å²) in [6.45, 7) is 5.43. The molecule has 0 bridgehead atoms. The van der Waals surface area contributed by atoms with E-state index in [4.69, 9.17) is 16.3 Å². The summed E-state index contributed by atoms with van der Waals surface area (Å²) in [4.78, 5) is 21.7. The molecule has 0 aromatic heterocycles. The zero-order valence-corrected chi connectivity index (χ0v) is 14.1. The molecule has 22 heavy (non-hydrogen) atoms. The molecule has 122 valence electrons. The van der Waals surface area contributed by atoms with Crippen LogP contribution in [-0.4, -0.2) is 24.8 Å². The molecule has 1 aliphatic rings. The highest BCUT2D eigenvalue weighted by atomic mass is 35.5. The van der Waals surface area contributed by atoms with Gasteiger partial charge in [-0.3, -0.25) is 10.1 Å². The van der Waals surface area contributed by atoms with Crippen molar-refractivity contribution in [2.24, 2.45) is 5.92 Å². The molecule has 5 nitrogen and oxygen atoms in total. The van der Waals surface area contributed by atoms with Gasteiger partial charge in [0.25, 0.3) is 0 Å². The number of esters is 1. The third-order valence-electron chi connectivity index (χ3n) is 2.58. The van der Waals surface area contributed by atoms with Crippen molar-refractivity contribution in [1.82, 2.24) is 0 Å². The fourth-order valence-electron chi connectivity index (χ4n) is 1.47. The van der Waals surface area contributed by atoms with Gasteiger partial charge in [-0.05, 0) is 51.8 Å². The van der Waals surface area contributed by atoms with E-state index in [1.807, 2.05) is 20.8 Å². The molecule has 6 heteroatoms. The average Bonchev–Trinajstić information content (AvgIpc) is 3.20. The van der Waals surface area contributed by atoms with Crippen molar-refractivity contribution in [3.63, 3.8) is 0 Å². The van der Waals surface area contributed by atoms with Gasteiger partial charge in [-0.1, -0.05) is 17.7 Å². The number of amides is 1.